The molecule has 0 amide bonds. The monoisotopic (exact) mass is 408 g/mol. The highest BCUT2D eigenvalue weighted by Crippen LogP contribution is 2.29. The third-order valence-electron chi connectivity index (χ3n) is 4.33. The molecule has 0 bridgehead atoms. The Morgan fingerprint density at radius 2 is 1.59 bits per heavy atom. The van der Waals surface area contributed by atoms with Crippen LogP contribution in [0.1, 0.15) is 5.69 Å². The maximum Gasteiger partial charge on any atom is 0.229 e. The Morgan fingerprint density at radius 3 is 2.24 bits per heavy atom. The van der Waals surface area contributed by atoms with Gasteiger partial charge < -0.3 is 5.32 Å². The van der Waals surface area contributed by atoms with Crippen LogP contribution in [-0.2, 0) is 17.1 Å². The lowest BCUT2D eigenvalue weighted by atomic mass is 10.2. The maximum absolute atomic E-state index is 11.4. The van der Waals surface area contributed by atoms with Crippen LogP contribution in [0.3, 0.4) is 0 Å². The van der Waals surface area contributed by atoms with Crippen molar-refractivity contribution < 1.29 is 8.42 Å². The molecule has 0 atom stereocenters. The van der Waals surface area contributed by atoms with Crippen molar-refractivity contribution in [2.45, 2.75) is 6.92 Å². The van der Waals surface area contributed by atoms with Crippen LogP contribution in [0, 0.1) is 6.92 Å². The van der Waals surface area contributed by atoms with Crippen molar-refractivity contribution in [3.63, 3.8) is 0 Å². The minimum Gasteiger partial charge on any atom is -0.338 e. The zero-order valence-corrected chi connectivity index (χ0v) is 17.0. The second-order valence-electron chi connectivity index (χ2n) is 6.74. The number of aromatic nitrogens is 4. The van der Waals surface area contributed by atoms with E-state index in [1.165, 1.54) is 0 Å². The zero-order chi connectivity index (χ0) is 20.6. The predicted molar refractivity (Wildman–Crippen MR) is 115 cm³/mol. The Kier molecular flexibility index (Phi) is 4.67. The molecule has 0 fully saturated rings. The molecule has 0 spiro atoms. The van der Waals surface area contributed by atoms with E-state index < -0.39 is 10.0 Å². The van der Waals surface area contributed by atoms with Crippen molar-refractivity contribution in [3.05, 3.63) is 60.3 Å². The third-order valence-corrected chi connectivity index (χ3v) is 4.94. The van der Waals surface area contributed by atoms with Gasteiger partial charge >= 0.3 is 0 Å². The Balaban J connectivity index is 1.76. The van der Waals surface area contributed by atoms with E-state index in [2.05, 4.69) is 15.1 Å². The molecule has 8 nitrogen and oxygen atoms in total. The summed E-state index contributed by atoms with van der Waals surface area (Å²) in [6, 6.07) is 16.7. The Labute approximate surface area is 168 Å². The number of benzene rings is 2. The summed E-state index contributed by atoms with van der Waals surface area (Å²) < 4.78 is 27.0. The molecule has 0 saturated carbocycles. The first kappa shape index (κ1) is 18.9. The molecule has 29 heavy (non-hydrogen) atoms. The van der Waals surface area contributed by atoms with Crippen LogP contribution in [0.25, 0.3) is 22.4 Å². The molecule has 0 unspecified atom stereocenters. The molecule has 2 N–H and O–H groups in total. The summed E-state index contributed by atoms with van der Waals surface area (Å²) in [5.41, 5.74) is 4.56. The van der Waals surface area contributed by atoms with Gasteiger partial charge in [0.05, 0.1) is 11.9 Å². The quantitative estimate of drug-likeness (QED) is 0.524. The van der Waals surface area contributed by atoms with Crippen molar-refractivity contribution in [1.29, 1.82) is 0 Å². The minimum atomic E-state index is -3.32. The molecule has 0 aliphatic carbocycles. The molecule has 4 aromatic rings. The van der Waals surface area contributed by atoms with Crippen LogP contribution in [-0.4, -0.2) is 34.4 Å². The highest BCUT2D eigenvalue weighted by atomic mass is 32.2. The first-order valence-corrected chi connectivity index (χ1v) is 10.8. The van der Waals surface area contributed by atoms with Crippen LogP contribution < -0.4 is 10.0 Å². The Morgan fingerprint density at radius 1 is 0.931 bits per heavy atom. The van der Waals surface area contributed by atoms with Crippen molar-refractivity contribution >= 4 is 38.2 Å². The number of hydrogen-bond donors (Lipinski definition) is 2. The van der Waals surface area contributed by atoms with Crippen LogP contribution in [0.15, 0.2) is 54.6 Å². The fourth-order valence-corrected chi connectivity index (χ4v) is 3.68. The van der Waals surface area contributed by atoms with E-state index in [1.807, 2.05) is 44.3 Å². The number of sulfonamides is 1. The van der Waals surface area contributed by atoms with E-state index in [0.29, 0.717) is 17.3 Å². The van der Waals surface area contributed by atoms with Crippen molar-refractivity contribution in [2.24, 2.45) is 7.05 Å². The molecule has 9 heteroatoms. The third kappa shape index (κ3) is 4.04. The van der Waals surface area contributed by atoms with Gasteiger partial charge in [-0.1, -0.05) is 30.3 Å². The van der Waals surface area contributed by atoms with E-state index >= 15 is 0 Å². The van der Waals surface area contributed by atoms with E-state index in [4.69, 9.17) is 9.97 Å². The molecule has 0 aliphatic heterocycles. The molecule has 4 rings (SSSR count). The number of hydrogen-bond acceptors (Lipinski definition) is 6. The number of anilines is 3. The number of aryl methyl sites for hydroxylation is 2. The summed E-state index contributed by atoms with van der Waals surface area (Å²) in [7, 11) is -1.47. The number of rotatable bonds is 5. The van der Waals surface area contributed by atoms with Crippen LogP contribution in [0.5, 0.6) is 0 Å². The molecular weight excluding hydrogens is 388 g/mol. The second kappa shape index (κ2) is 7.17. The smallest absolute Gasteiger partial charge is 0.229 e. The highest BCUT2D eigenvalue weighted by Gasteiger charge is 2.16. The van der Waals surface area contributed by atoms with Crippen molar-refractivity contribution in [3.8, 4) is 11.4 Å². The Bertz CT molecular complexity index is 1280. The van der Waals surface area contributed by atoms with Gasteiger partial charge in [-0.3, -0.25) is 9.40 Å². The largest absolute Gasteiger partial charge is 0.338 e. The standard InChI is InChI=1S/C20H20N6O2S/c1-13-17-18(26(2)24-13)20(23-19(22-17)14-7-5-4-6-8-14)21-15-9-11-16(12-10-15)25-29(3,27)28/h4-12,25H,1-3H3,(H,21,22,23). The summed E-state index contributed by atoms with van der Waals surface area (Å²) in [5.74, 6) is 1.23. The summed E-state index contributed by atoms with van der Waals surface area (Å²) in [6.07, 6.45) is 1.12. The highest BCUT2D eigenvalue weighted by molar-refractivity contribution is 7.92. The number of fused-ring (bicyclic) bond motifs is 1. The van der Waals surface area contributed by atoms with Crippen LogP contribution in [0.2, 0.25) is 0 Å². The molecule has 2 aromatic heterocycles. The first-order valence-electron chi connectivity index (χ1n) is 8.92. The molecule has 0 radical (unpaired) electrons. The molecule has 0 saturated heterocycles. The van der Waals surface area contributed by atoms with Gasteiger partial charge in [-0.15, -0.1) is 0 Å². The van der Waals surface area contributed by atoms with E-state index in [-0.39, 0.29) is 0 Å². The average Bonchev–Trinajstić information content (AvgIpc) is 2.97. The van der Waals surface area contributed by atoms with Crippen molar-refractivity contribution in [2.75, 3.05) is 16.3 Å². The first-order chi connectivity index (χ1) is 13.8. The molecule has 2 heterocycles. The van der Waals surface area contributed by atoms with Crippen LogP contribution >= 0.6 is 0 Å². The summed E-state index contributed by atoms with van der Waals surface area (Å²) >= 11 is 0. The topological polar surface area (TPSA) is 102 Å². The van der Waals surface area contributed by atoms with E-state index in [9.17, 15) is 8.42 Å². The fraction of sp³-hybridized carbons (Fsp3) is 0.150. The molecular formula is C20H20N6O2S. The lowest BCUT2D eigenvalue weighted by Gasteiger charge is -2.11. The number of nitrogens with zero attached hydrogens (tertiary/aromatic N) is 4. The van der Waals surface area contributed by atoms with Gasteiger partial charge in [0.15, 0.2) is 11.6 Å². The lowest BCUT2D eigenvalue weighted by Crippen LogP contribution is -2.09. The lowest BCUT2D eigenvalue weighted by molar-refractivity contribution is 0.607. The van der Waals surface area contributed by atoms with Gasteiger partial charge in [0.25, 0.3) is 0 Å². The van der Waals surface area contributed by atoms with E-state index in [0.717, 1.165) is 34.2 Å². The summed E-state index contributed by atoms with van der Waals surface area (Å²) in [5, 5.41) is 7.79. The van der Waals surface area contributed by atoms with E-state index in [1.54, 1.807) is 28.9 Å². The van der Waals surface area contributed by atoms with Gasteiger partial charge in [-0.25, -0.2) is 18.4 Å². The van der Waals surface area contributed by atoms with Crippen molar-refractivity contribution in [1.82, 2.24) is 19.7 Å². The normalized spacial score (nSPS) is 11.6. The second-order valence-corrected chi connectivity index (χ2v) is 8.49. The SMILES string of the molecule is Cc1nn(C)c2c(Nc3ccc(NS(C)(=O)=O)cc3)nc(-c3ccccc3)nc12. The minimum absolute atomic E-state index is 0.493. The molecule has 148 valence electrons. The van der Waals surface area contributed by atoms with Gasteiger partial charge in [0.1, 0.15) is 11.0 Å². The summed E-state index contributed by atoms with van der Waals surface area (Å²) in [4.78, 5) is 9.44. The van der Waals surface area contributed by atoms with Gasteiger partial charge in [-0.05, 0) is 31.2 Å². The fourth-order valence-electron chi connectivity index (χ4n) is 3.11. The maximum atomic E-state index is 11.4. The van der Waals surface area contributed by atoms with Crippen LogP contribution in [0.4, 0.5) is 17.2 Å². The average molecular weight is 408 g/mol. The number of nitrogens with one attached hydrogen (secondary N) is 2. The molecule has 2 aromatic carbocycles. The van der Waals surface area contributed by atoms with Gasteiger partial charge in [0.2, 0.25) is 10.0 Å². The van der Waals surface area contributed by atoms with Gasteiger partial charge in [-0.2, -0.15) is 5.10 Å². The summed E-state index contributed by atoms with van der Waals surface area (Å²) in [6.45, 7) is 1.92. The molecule has 0 aliphatic rings. The van der Waals surface area contributed by atoms with Gasteiger partial charge in [0, 0.05) is 24.0 Å². The predicted octanol–water partition coefficient (Wildman–Crippen LogP) is 3.45. The Hall–Kier alpha value is -3.46. The zero-order valence-electron chi connectivity index (χ0n) is 16.2.